The highest BCUT2D eigenvalue weighted by molar-refractivity contribution is 5.94. The average molecular weight is 398 g/mol. The molecule has 0 bridgehead atoms. The highest BCUT2D eigenvalue weighted by Gasteiger charge is 2.29. The van der Waals surface area contributed by atoms with Gasteiger partial charge in [0.15, 0.2) is 5.82 Å². The van der Waals surface area contributed by atoms with Crippen LogP contribution in [0.5, 0.6) is 0 Å². The van der Waals surface area contributed by atoms with Crippen LogP contribution in [0.1, 0.15) is 48.0 Å². The van der Waals surface area contributed by atoms with Gasteiger partial charge in [-0.2, -0.15) is 4.98 Å². The fourth-order valence-corrected chi connectivity index (χ4v) is 2.94. The van der Waals surface area contributed by atoms with Gasteiger partial charge in [0.1, 0.15) is 11.9 Å². The van der Waals surface area contributed by atoms with Gasteiger partial charge in [0.25, 0.3) is 5.91 Å². The van der Waals surface area contributed by atoms with Crippen LogP contribution in [-0.2, 0) is 0 Å². The van der Waals surface area contributed by atoms with E-state index in [0.717, 1.165) is 19.6 Å². The van der Waals surface area contributed by atoms with E-state index in [1.165, 1.54) is 24.3 Å². The molecule has 3 rings (SSSR count). The van der Waals surface area contributed by atoms with E-state index >= 15 is 0 Å². The number of rotatable bonds is 5. The molecule has 2 aromatic rings. The quantitative estimate of drug-likeness (QED) is 0.805. The highest BCUT2D eigenvalue weighted by atomic mass is 35.5. The summed E-state index contributed by atoms with van der Waals surface area (Å²) < 4.78 is 18.5. The normalized spacial score (nSPS) is 18.8. The topological polar surface area (TPSA) is 83.3 Å². The van der Waals surface area contributed by atoms with Gasteiger partial charge in [-0.3, -0.25) is 9.69 Å². The summed E-state index contributed by atoms with van der Waals surface area (Å²) in [5.74, 6) is 0.351. The van der Waals surface area contributed by atoms with Crippen LogP contribution in [0.4, 0.5) is 4.39 Å². The maximum atomic E-state index is 13.0. The molecule has 7 nitrogen and oxygen atoms in total. The molecule has 1 aliphatic heterocycles. The van der Waals surface area contributed by atoms with E-state index in [2.05, 4.69) is 25.7 Å². The van der Waals surface area contributed by atoms with E-state index in [1.807, 2.05) is 20.9 Å². The molecule has 1 aromatic heterocycles. The van der Waals surface area contributed by atoms with Crippen LogP contribution in [0.15, 0.2) is 28.8 Å². The molecule has 1 fully saturated rings. The molecule has 1 saturated heterocycles. The average Bonchev–Trinajstić information content (AvgIpc) is 3.09. The van der Waals surface area contributed by atoms with Crippen molar-refractivity contribution in [2.45, 2.75) is 25.9 Å². The standard InChI is InChI=1S/C18H24FN5O2.ClH/c1-11(2)15(21-17(25)12-4-6-13(19)7-5-12)18-22-16(23-26-18)14-10-20-8-9-24(14)3;/h4-7,11,14-15,20H,8-10H2,1-3H3,(H,21,25);1H. The Labute approximate surface area is 164 Å². The van der Waals surface area contributed by atoms with Crippen molar-refractivity contribution in [3.8, 4) is 0 Å². The first kappa shape index (κ1) is 21.3. The van der Waals surface area contributed by atoms with Crippen molar-refractivity contribution in [1.82, 2.24) is 25.7 Å². The van der Waals surface area contributed by atoms with Gasteiger partial charge in [0.2, 0.25) is 5.89 Å². The molecule has 2 unspecified atom stereocenters. The first-order valence-corrected chi connectivity index (χ1v) is 8.76. The Bertz CT molecular complexity index is 752. The van der Waals surface area contributed by atoms with E-state index in [-0.39, 0.29) is 36.1 Å². The summed E-state index contributed by atoms with van der Waals surface area (Å²) in [6.07, 6.45) is 0. The lowest BCUT2D eigenvalue weighted by Crippen LogP contribution is -2.44. The van der Waals surface area contributed by atoms with Gasteiger partial charge in [-0.15, -0.1) is 12.4 Å². The molecular formula is C18H25ClFN5O2. The van der Waals surface area contributed by atoms with Crippen LogP contribution < -0.4 is 10.6 Å². The Morgan fingerprint density at radius 3 is 2.70 bits per heavy atom. The minimum atomic E-state index is -0.421. The second kappa shape index (κ2) is 9.25. The smallest absolute Gasteiger partial charge is 0.251 e. The number of amides is 1. The molecule has 2 atom stereocenters. The molecule has 2 N–H and O–H groups in total. The molecule has 2 heterocycles. The molecule has 148 valence electrons. The van der Waals surface area contributed by atoms with Crippen LogP contribution in [0.3, 0.4) is 0 Å². The summed E-state index contributed by atoms with van der Waals surface area (Å²) >= 11 is 0. The first-order valence-electron chi connectivity index (χ1n) is 8.76. The monoisotopic (exact) mass is 397 g/mol. The van der Waals surface area contributed by atoms with Crippen molar-refractivity contribution < 1.29 is 13.7 Å². The zero-order chi connectivity index (χ0) is 18.7. The third kappa shape index (κ3) is 5.03. The Morgan fingerprint density at radius 2 is 2.07 bits per heavy atom. The molecule has 9 heteroatoms. The number of hydrogen-bond donors (Lipinski definition) is 2. The second-order valence-electron chi connectivity index (χ2n) is 6.89. The van der Waals surface area contributed by atoms with E-state index in [4.69, 9.17) is 4.52 Å². The summed E-state index contributed by atoms with van der Waals surface area (Å²) in [5, 5.41) is 10.3. The largest absolute Gasteiger partial charge is 0.340 e. The Kier molecular flexibility index (Phi) is 7.29. The number of hydrogen-bond acceptors (Lipinski definition) is 6. The van der Waals surface area contributed by atoms with Crippen LogP contribution in [0.2, 0.25) is 0 Å². The number of carbonyl (C=O) groups excluding carboxylic acids is 1. The van der Waals surface area contributed by atoms with Gasteiger partial charge < -0.3 is 15.2 Å². The molecule has 1 aromatic carbocycles. The zero-order valence-corrected chi connectivity index (χ0v) is 16.4. The number of likely N-dealkylation sites (N-methyl/N-ethyl adjacent to an activating group) is 1. The number of aromatic nitrogens is 2. The number of piperazine rings is 1. The molecule has 0 aliphatic carbocycles. The molecule has 27 heavy (non-hydrogen) atoms. The fraction of sp³-hybridized carbons (Fsp3) is 0.500. The third-order valence-corrected chi connectivity index (χ3v) is 4.59. The number of carbonyl (C=O) groups is 1. The minimum Gasteiger partial charge on any atom is -0.340 e. The van der Waals surface area contributed by atoms with Crippen molar-refractivity contribution >= 4 is 18.3 Å². The molecule has 0 spiro atoms. The van der Waals surface area contributed by atoms with Crippen LogP contribution in [0, 0.1) is 11.7 Å². The maximum absolute atomic E-state index is 13.0. The Hall–Kier alpha value is -2.03. The number of nitrogens with one attached hydrogen (secondary N) is 2. The van der Waals surface area contributed by atoms with Crippen molar-refractivity contribution in [2.75, 3.05) is 26.7 Å². The second-order valence-corrected chi connectivity index (χ2v) is 6.89. The van der Waals surface area contributed by atoms with Crippen LogP contribution in [-0.4, -0.2) is 47.6 Å². The molecule has 1 amide bonds. The summed E-state index contributed by atoms with van der Waals surface area (Å²) in [7, 11) is 2.03. The van der Waals surface area contributed by atoms with Gasteiger partial charge in [-0.25, -0.2) is 4.39 Å². The first-order chi connectivity index (χ1) is 12.5. The van der Waals surface area contributed by atoms with Gasteiger partial charge in [-0.05, 0) is 37.2 Å². The maximum Gasteiger partial charge on any atom is 0.251 e. The summed E-state index contributed by atoms with van der Waals surface area (Å²) in [5.41, 5.74) is 0.382. The summed E-state index contributed by atoms with van der Waals surface area (Å²) in [6.45, 7) is 6.52. The van der Waals surface area contributed by atoms with Crippen LogP contribution in [0.25, 0.3) is 0 Å². The van der Waals surface area contributed by atoms with E-state index in [0.29, 0.717) is 17.3 Å². The predicted molar refractivity (Wildman–Crippen MR) is 101 cm³/mol. The number of halogens is 2. The van der Waals surface area contributed by atoms with Crippen molar-refractivity contribution in [2.24, 2.45) is 5.92 Å². The minimum absolute atomic E-state index is 0. The molecule has 0 saturated carbocycles. The Morgan fingerprint density at radius 1 is 1.37 bits per heavy atom. The highest BCUT2D eigenvalue weighted by Crippen LogP contribution is 2.24. The lowest BCUT2D eigenvalue weighted by Gasteiger charge is -2.30. The van der Waals surface area contributed by atoms with Gasteiger partial charge in [0, 0.05) is 25.2 Å². The summed E-state index contributed by atoms with van der Waals surface area (Å²) in [4.78, 5) is 19.2. The molecular weight excluding hydrogens is 373 g/mol. The Balaban J connectivity index is 0.00000261. The van der Waals surface area contributed by atoms with Gasteiger partial charge in [0.05, 0.1) is 6.04 Å². The van der Waals surface area contributed by atoms with Gasteiger partial charge in [-0.1, -0.05) is 19.0 Å². The van der Waals surface area contributed by atoms with Crippen molar-refractivity contribution in [3.05, 3.63) is 47.4 Å². The van der Waals surface area contributed by atoms with Gasteiger partial charge >= 0.3 is 0 Å². The SMILES string of the molecule is CC(C)C(NC(=O)c1ccc(F)cc1)c1nc(C2CNCCN2C)no1.Cl. The van der Waals surface area contributed by atoms with Crippen LogP contribution >= 0.6 is 12.4 Å². The van der Waals surface area contributed by atoms with E-state index in [9.17, 15) is 9.18 Å². The fourth-order valence-electron chi connectivity index (χ4n) is 2.94. The van der Waals surface area contributed by atoms with E-state index in [1.54, 1.807) is 0 Å². The number of benzene rings is 1. The molecule has 0 radical (unpaired) electrons. The lowest BCUT2D eigenvalue weighted by molar-refractivity contribution is 0.0914. The molecule has 1 aliphatic rings. The number of nitrogens with zero attached hydrogens (tertiary/aromatic N) is 3. The summed E-state index contributed by atoms with van der Waals surface area (Å²) in [6, 6.07) is 5.04. The lowest BCUT2D eigenvalue weighted by atomic mass is 10.0. The van der Waals surface area contributed by atoms with Crippen molar-refractivity contribution in [1.29, 1.82) is 0 Å². The van der Waals surface area contributed by atoms with Crippen molar-refractivity contribution in [3.63, 3.8) is 0 Å². The third-order valence-electron chi connectivity index (χ3n) is 4.59. The predicted octanol–water partition coefficient (Wildman–Crippen LogP) is 2.33. The zero-order valence-electron chi connectivity index (χ0n) is 15.6. The van der Waals surface area contributed by atoms with E-state index < -0.39 is 6.04 Å².